The number of carboxylic acids is 1. The van der Waals surface area contributed by atoms with Gasteiger partial charge >= 0.3 is 12.1 Å². The van der Waals surface area contributed by atoms with E-state index in [1.165, 1.54) is 4.90 Å². The fourth-order valence-electron chi connectivity index (χ4n) is 6.64. The number of nitrogens with zero attached hydrogens (tertiary/aromatic N) is 1. The van der Waals surface area contributed by atoms with Crippen LogP contribution in [0.1, 0.15) is 64.6 Å². The average Bonchev–Trinajstić information content (AvgIpc) is 3.29. The first-order chi connectivity index (χ1) is 19.0. The number of rotatable bonds is 8. The minimum absolute atomic E-state index is 0.279. The summed E-state index contributed by atoms with van der Waals surface area (Å²) in [6, 6.07) is 15.8. The Bertz CT molecular complexity index is 1160. The van der Waals surface area contributed by atoms with Crippen molar-refractivity contribution in [3.05, 3.63) is 65.7 Å². The van der Waals surface area contributed by atoms with E-state index >= 15 is 0 Å². The number of carboxylic acid groups (broad SMARTS) is 1. The predicted molar refractivity (Wildman–Crippen MR) is 154 cm³/mol. The van der Waals surface area contributed by atoms with Crippen LogP contribution in [0.5, 0.6) is 5.75 Å². The Labute approximate surface area is 238 Å². The van der Waals surface area contributed by atoms with Crippen LogP contribution in [0.15, 0.2) is 54.6 Å². The molecule has 2 aromatic carbocycles. The van der Waals surface area contributed by atoms with Crippen molar-refractivity contribution >= 4 is 12.1 Å². The van der Waals surface area contributed by atoms with Gasteiger partial charge in [-0.15, -0.1) is 0 Å². The van der Waals surface area contributed by atoms with Crippen LogP contribution in [0, 0.1) is 11.3 Å². The molecule has 0 unspecified atom stereocenters. The zero-order valence-corrected chi connectivity index (χ0v) is 24.6. The monoisotopic (exact) mass is 552 g/mol. The molecule has 4 atom stereocenters. The third-order valence-electron chi connectivity index (χ3n) is 8.41. The number of ether oxygens (including phenoxy) is 3. The van der Waals surface area contributed by atoms with E-state index < -0.39 is 35.5 Å². The smallest absolute Gasteiger partial charge is 0.411 e. The third-order valence-corrected chi connectivity index (χ3v) is 8.41. The van der Waals surface area contributed by atoms with E-state index in [0.29, 0.717) is 19.8 Å². The van der Waals surface area contributed by atoms with E-state index in [1.54, 1.807) is 21.0 Å². The molecule has 8 nitrogen and oxygen atoms in total. The van der Waals surface area contributed by atoms with Gasteiger partial charge in [0, 0.05) is 42.7 Å². The second-order valence-corrected chi connectivity index (χ2v) is 12.4. The van der Waals surface area contributed by atoms with Gasteiger partial charge in [-0.2, -0.15) is 0 Å². The highest BCUT2D eigenvalue weighted by Gasteiger charge is 2.59. The summed E-state index contributed by atoms with van der Waals surface area (Å²) in [6.07, 6.45) is 0.602. The summed E-state index contributed by atoms with van der Waals surface area (Å²) in [5.41, 5.74) is 1.27. The molecule has 4 rings (SSSR count). The van der Waals surface area contributed by atoms with Crippen molar-refractivity contribution in [2.24, 2.45) is 11.3 Å². The molecule has 1 amide bonds. The molecule has 0 spiro atoms. The van der Waals surface area contributed by atoms with Gasteiger partial charge in [0.25, 0.3) is 0 Å². The lowest BCUT2D eigenvalue weighted by molar-refractivity contribution is -0.144. The van der Waals surface area contributed by atoms with E-state index in [0.717, 1.165) is 29.7 Å². The van der Waals surface area contributed by atoms with E-state index in [-0.39, 0.29) is 17.6 Å². The fraction of sp³-hybridized carbons (Fsp3) is 0.562. The lowest BCUT2D eigenvalue weighted by atomic mass is 9.70. The second-order valence-electron chi connectivity index (χ2n) is 12.4. The largest absolute Gasteiger partial charge is 0.496 e. The number of carbonyl (C=O) groups excluding carboxylic acids is 1. The molecule has 218 valence electrons. The maximum Gasteiger partial charge on any atom is 0.411 e. The molecule has 0 aromatic heterocycles. The van der Waals surface area contributed by atoms with Crippen LogP contribution in [0.2, 0.25) is 0 Å². The molecule has 2 heterocycles. The number of benzene rings is 2. The van der Waals surface area contributed by atoms with Crippen LogP contribution in [0.4, 0.5) is 4.79 Å². The number of aliphatic carboxylic acids is 1. The summed E-state index contributed by atoms with van der Waals surface area (Å²) in [5, 5.41) is 14.4. The van der Waals surface area contributed by atoms with Gasteiger partial charge in [0.1, 0.15) is 11.8 Å². The Morgan fingerprint density at radius 1 is 1.07 bits per heavy atom. The Morgan fingerprint density at radius 2 is 1.70 bits per heavy atom. The SMILES string of the molecule is COc1ccccc1C1(CN[C@H]2[C@H](C(C)(C)C)[C@@H](C(=O)O)N(C(=O)OC(C)C)[C@H]2c2ccccc2)CCOCC1. The molecule has 2 saturated heterocycles. The van der Waals surface area contributed by atoms with Gasteiger partial charge in [0.05, 0.1) is 19.3 Å². The highest BCUT2D eigenvalue weighted by Crippen LogP contribution is 2.49. The number of amides is 1. The highest BCUT2D eigenvalue weighted by atomic mass is 16.6. The quantitative estimate of drug-likeness (QED) is 0.451. The lowest BCUT2D eigenvalue weighted by Crippen LogP contribution is -2.51. The topological polar surface area (TPSA) is 97.3 Å². The van der Waals surface area contributed by atoms with E-state index in [1.807, 2.05) is 69.3 Å². The van der Waals surface area contributed by atoms with Gasteiger partial charge in [-0.05, 0) is 43.7 Å². The molecule has 2 aliphatic heterocycles. The second kappa shape index (κ2) is 12.2. The maximum atomic E-state index is 13.6. The summed E-state index contributed by atoms with van der Waals surface area (Å²) in [7, 11) is 1.69. The van der Waals surface area contributed by atoms with Crippen LogP contribution in [-0.2, 0) is 19.7 Å². The Morgan fingerprint density at radius 3 is 2.27 bits per heavy atom. The molecule has 2 aromatic rings. The summed E-state index contributed by atoms with van der Waals surface area (Å²) in [6.45, 7) is 11.5. The Kier molecular flexibility index (Phi) is 9.10. The normalized spacial score (nSPS) is 24.6. The molecule has 2 N–H and O–H groups in total. The van der Waals surface area contributed by atoms with E-state index in [9.17, 15) is 14.7 Å². The van der Waals surface area contributed by atoms with Gasteiger partial charge in [-0.1, -0.05) is 69.3 Å². The van der Waals surface area contributed by atoms with Crippen molar-refractivity contribution in [1.82, 2.24) is 10.2 Å². The first-order valence-corrected chi connectivity index (χ1v) is 14.2. The lowest BCUT2D eigenvalue weighted by Gasteiger charge is -2.42. The number of methoxy groups -OCH3 is 1. The van der Waals surface area contributed by atoms with Crippen molar-refractivity contribution in [3.63, 3.8) is 0 Å². The van der Waals surface area contributed by atoms with Gasteiger partial charge in [-0.25, -0.2) is 9.59 Å². The van der Waals surface area contributed by atoms with Crippen molar-refractivity contribution in [2.75, 3.05) is 26.9 Å². The number of likely N-dealkylation sites (tertiary alicyclic amines) is 1. The van der Waals surface area contributed by atoms with Gasteiger partial charge in [0.15, 0.2) is 0 Å². The molecule has 0 aliphatic carbocycles. The number of carbonyl (C=O) groups is 2. The fourth-order valence-corrected chi connectivity index (χ4v) is 6.64. The van der Waals surface area contributed by atoms with Crippen LogP contribution in [0.3, 0.4) is 0 Å². The van der Waals surface area contributed by atoms with Crippen molar-refractivity contribution in [1.29, 1.82) is 0 Å². The zero-order valence-electron chi connectivity index (χ0n) is 24.6. The number of para-hydroxylation sites is 1. The maximum absolute atomic E-state index is 13.6. The summed E-state index contributed by atoms with van der Waals surface area (Å²) in [5.74, 6) is -0.601. The van der Waals surface area contributed by atoms with Gasteiger partial charge < -0.3 is 24.6 Å². The first kappa shape index (κ1) is 29.9. The molecular formula is C32H44N2O6. The molecule has 0 radical (unpaired) electrons. The molecular weight excluding hydrogens is 508 g/mol. The predicted octanol–water partition coefficient (Wildman–Crippen LogP) is 5.42. The molecule has 0 bridgehead atoms. The van der Waals surface area contributed by atoms with Crippen LogP contribution >= 0.6 is 0 Å². The zero-order chi connectivity index (χ0) is 29.1. The minimum atomic E-state index is -1.06. The summed E-state index contributed by atoms with van der Waals surface area (Å²) in [4.78, 5) is 28.0. The molecule has 2 fully saturated rings. The van der Waals surface area contributed by atoms with Crippen molar-refractivity contribution < 1.29 is 28.9 Å². The van der Waals surface area contributed by atoms with E-state index in [2.05, 4.69) is 11.4 Å². The highest BCUT2D eigenvalue weighted by molar-refractivity contribution is 5.82. The van der Waals surface area contributed by atoms with Gasteiger partial charge in [-0.3, -0.25) is 4.90 Å². The molecule has 2 aliphatic rings. The van der Waals surface area contributed by atoms with Crippen LogP contribution in [-0.4, -0.2) is 67.1 Å². The average molecular weight is 553 g/mol. The standard InChI is InChI=1S/C32H44N2O6/c1-21(2)40-30(37)34-27(22-12-8-7-9-13-22)26(25(31(3,4)5)28(34)29(35)36)33-20-32(16-18-39-19-17-32)23-14-10-11-15-24(23)38-6/h7-15,21,25-28,33H,16-20H2,1-6H3,(H,35,36)/t25-,26-,27-,28-/m0/s1. The van der Waals surface area contributed by atoms with Gasteiger partial charge in [0.2, 0.25) is 0 Å². The number of hydrogen-bond donors (Lipinski definition) is 2. The minimum Gasteiger partial charge on any atom is -0.496 e. The Balaban J connectivity index is 1.82. The number of nitrogens with one attached hydrogen (secondary N) is 1. The number of hydrogen-bond acceptors (Lipinski definition) is 6. The van der Waals surface area contributed by atoms with E-state index in [4.69, 9.17) is 14.2 Å². The molecule has 8 heteroatoms. The van der Waals surface area contributed by atoms with Crippen molar-refractivity contribution in [2.45, 2.75) is 77.1 Å². The first-order valence-electron chi connectivity index (χ1n) is 14.2. The van der Waals surface area contributed by atoms with Crippen LogP contribution < -0.4 is 10.1 Å². The van der Waals surface area contributed by atoms with Crippen molar-refractivity contribution in [3.8, 4) is 5.75 Å². The summed E-state index contributed by atoms with van der Waals surface area (Å²) >= 11 is 0. The Hall–Kier alpha value is -3.10. The third kappa shape index (κ3) is 5.98. The van der Waals surface area contributed by atoms with Crippen LogP contribution in [0.25, 0.3) is 0 Å². The molecule has 40 heavy (non-hydrogen) atoms. The molecule has 0 saturated carbocycles. The summed E-state index contributed by atoms with van der Waals surface area (Å²) < 4.78 is 17.2.